The smallest absolute Gasteiger partial charge is 0.240 e. The average molecular weight is 264 g/mol. The Morgan fingerprint density at radius 3 is 2.68 bits per heavy atom. The maximum absolute atomic E-state index is 12.2. The zero-order chi connectivity index (χ0) is 14.4. The molecule has 0 aliphatic heterocycles. The van der Waals surface area contributed by atoms with Gasteiger partial charge in [0.2, 0.25) is 5.91 Å². The molecule has 0 heterocycles. The molecule has 0 aromatic heterocycles. The van der Waals surface area contributed by atoms with E-state index in [1.54, 1.807) is 17.0 Å². The van der Waals surface area contributed by atoms with Crippen molar-refractivity contribution < 1.29 is 9.90 Å². The maximum Gasteiger partial charge on any atom is 0.240 e. The Labute approximate surface area is 115 Å². The number of phenolic OH excluding ortho intramolecular Hbond substituents is 1. The van der Waals surface area contributed by atoms with E-state index in [0.29, 0.717) is 19.1 Å². The minimum Gasteiger partial charge on any atom is -0.508 e. The number of aromatic hydroxyl groups is 1. The average Bonchev–Trinajstić information content (AvgIpc) is 2.40. The molecule has 106 valence electrons. The molecular weight excluding hydrogens is 240 g/mol. The highest BCUT2D eigenvalue weighted by atomic mass is 16.3. The zero-order valence-electron chi connectivity index (χ0n) is 12.2. The number of hydrogen-bond acceptors (Lipinski definition) is 3. The zero-order valence-corrected chi connectivity index (χ0v) is 12.2. The maximum atomic E-state index is 12.2. The lowest BCUT2D eigenvalue weighted by molar-refractivity contribution is -0.117. The van der Waals surface area contributed by atoms with Crippen LogP contribution in [0.3, 0.4) is 0 Å². The van der Waals surface area contributed by atoms with Crippen LogP contribution in [0, 0.1) is 6.92 Å². The van der Waals surface area contributed by atoms with Crippen LogP contribution in [-0.2, 0) is 4.79 Å². The van der Waals surface area contributed by atoms with E-state index >= 15 is 0 Å². The molecule has 4 heteroatoms. The molecule has 1 aromatic carbocycles. The van der Waals surface area contributed by atoms with Gasteiger partial charge in [0.25, 0.3) is 0 Å². The van der Waals surface area contributed by atoms with Gasteiger partial charge in [-0.2, -0.15) is 0 Å². The number of carbonyl (C=O) groups is 1. The summed E-state index contributed by atoms with van der Waals surface area (Å²) in [5.41, 5.74) is 1.76. The number of nitrogens with one attached hydrogen (secondary N) is 1. The van der Waals surface area contributed by atoms with E-state index in [4.69, 9.17) is 0 Å². The number of amides is 1. The molecule has 1 rings (SSSR count). The van der Waals surface area contributed by atoms with Crippen LogP contribution in [0.25, 0.3) is 0 Å². The number of hydrogen-bond donors (Lipinski definition) is 2. The molecule has 0 saturated carbocycles. The summed E-state index contributed by atoms with van der Waals surface area (Å²) in [6.07, 6.45) is 0.991. The van der Waals surface area contributed by atoms with Crippen molar-refractivity contribution in [2.24, 2.45) is 0 Å². The van der Waals surface area contributed by atoms with Crippen molar-refractivity contribution in [3.63, 3.8) is 0 Å². The van der Waals surface area contributed by atoms with Crippen LogP contribution < -0.4 is 10.2 Å². The lowest BCUT2D eigenvalue weighted by Crippen LogP contribution is -2.41. The summed E-state index contributed by atoms with van der Waals surface area (Å²) < 4.78 is 0. The highest BCUT2D eigenvalue weighted by Gasteiger charge is 2.16. The predicted molar refractivity (Wildman–Crippen MR) is 78.6 cm³/mol. The van der Waals surface area contributed by atoms with E-state index in [1.165, 1.54) is 0 Å². The Morgan fingerprint density at radius 2 is 2.11 bits per heavy atom. The van der Waals surface area contributed by atoms with Gasteiger partial charge >= 0.3 is 0 Å². The topological polar surface area (TPSA) is 52.6 Å². The number of anilines is 1. The van der Waals surface area contributed by atoms with E-state index in [9.17, 15) is 9.90 Å². The normalized spacial score (nSPS) is 12.2. The molecule has 1 amide bonds. The van der Waals surface area contributed by atoms with Crippen molar-refractivity contribution in [3.8, 4) is 5.75 Å². The number of carbonyl (C=O) groups excluding carboxylic acids is 1. The molecule has 0 bridgehead atoms. The molecular formula is C15H24N2O2. The van der Waals surface area contributed by atoms with Crippen LogP contribution in [0.5, 0.6) is 5.75 Å². The minimum absolute atomic E-state index is 0.0245. The fourth-order valence-corrected chi connectivity index (χ4v) is 1.87. The van der Waals surface area contributed by atoms with Gasteiger partial charge in [-0.25, -0.2) is 0 Å². The van der Waals surface area contributed by atoms with Gasteiger partial charge < -0.3 is 15.3 Å². The summed E-state index contributed by atoms with van der Waals surface area (Å²) in [5, 5.41) is 12.8. The molecule has 0 spiro atoms. The largest absolute Gasteiger partial charge is 0.508 e. The van der Waals surface area contributed by atoms with Gasteiger partial charge in [-0.15, -0.1) is 0 Å². The number of nitrogens with zero attached hydrogens (tertiary/aromatic N) is 1. The third-order valence-electron chi connectivity index (χ3n) is 3.31. The first-order valence-corrected chi connectivity index (χ1v) is 6.82. The standard InChI is InChI=1S/C15H24N2O2/c1-5-12(4)16-10-15(19)17(6-2)14-9-13(18)8-7-11(14)3/h7-9,12,16,18H,5-6,10H2,1-4H3. The van der Waals surface area contributed by atoms with E-state index in [0.717, 1.165) is 17.7 Å². The first-order valence-electron chi connectivity index (χ1n) is 6.82. The number of benzene rings is 1. The predicted octanol–water partition coefficient (Wildman–Crippen LogP) is 2.44. The second-order valence-corrected chi connectivity index (χ2v) is 4.80. The van der Waals surface area contributed by atoms with E-state index in [2.05, 4.69) is 19.2 Å². The van der Waals surface area contributed by atoms with Gasteiger partial charge in [-0.3, -0.25) is 4.79 Å². The third-order valence-corrected chi connectivity index (χ3v) is 3.31. The third kappa shape index (κ3) is 4.24. The van der Waals surface area contributed by atoms with Crippen LogP contribution in [0.2, 0.25) is 0 Å². The van der Waals surface area contributed by atoms with E-state index in [-0.39, 0.29) is 11.7 Å². The van der Waals surface area contributed by atoms with Crippen molar-refractivity contribution in [2.45, 2.75) is 40.2 Å². The van der Waals surface area contributed by atoms with Gasteiger partial charge in [-0.1, -0.05) is 13.0 Å². The van der Waals surface area contributed by atoms with Crippen LogP contribution >= 0.6 is 0 Å². The summed E-state index contributed by atoms with van der Waals surface area (Å²) >= 11 is 0. The lowest BCUT2D eigenvalue weighted by Gasteiger charge is -2.24. The second kappa shape index (κ2) is 7.14. The highest BCUT2D eigenvalue weighted by molar-refractivity contribution is 5.95. The van der Waals surface area contributed by atoms with Crippen molar-refractivity contribution in [1.29, 1.82) is 0 Å². The Kier molecular flexibility index (Phi) is 5.83. The summed E-state index contributed by atoms with van der Waals surface area (Å²) in [5.74, 6) is 0.207. The fraction of sp³-hybridized carbons (Fsp3) is 0.533. The van der Waals surface area contributed by atoms with Gasteiger partial charge in [0.1, 0.15) is 5.75 Å². The lowest BCUT2D eigenvalue weighted by atomic mass is 10.1. The first-order chi connectivity index (χ1) is 8.99. The monoisotopic (exact) mass is 264 g/mol. The fourth-order valence-electron chi connectivity index (χ4n) is 1.87. The molecule has 0 aliphatic rings. The molecule has 0 saturated heterocycles. The Bertz CT molecular complexity index is 432. The van der Waals surface area contributed by atoms with Gasteiger partial charge in [0.05, 0.1) is 12.2 Å². The van der Waals surface area contributed by atoms with Crippen LogP contribution in [-0.4, -0.2) is 30.1 Å². The van der Waals surface area contributed by atoms with E-state index in [1.807, 2.05) is 19.9 Å². The van der Waals surface area contributed by atoms with Gasteiger partial charge in [0.15, 0.2) is 0 Å². The molecule has 0 aliphatic carbocycles. The molecule has 0 fully saturated rings. The molecule has 4 nitrogen and oxygen atoms in total. The summed E-state index contributed by atoms with van der Waals surface area (Å²) in [4.78, 5) is 13.9. The summed E-state index contributed by atoms with van der Waals surface area (Å²) in [7, 11) is 0. The van der Waals surface area contributed by atoms with Crippen molar-refractivity contribution in [3.05, 3.63) is 23.8 Å². The second-order valence-electron chi connectivity index (χ2n) is 4.80. The first kappa shape index (κ1) is 15.5. The number of phenols is 1. The summed E-state index contributed by atoms with van der Waals surface area (Å²) in [6.45, 7) is 8.92. The molecule has 0 radical (unpaired) electrons. The Balaban J connectivity index is 2.82. The summed E-state index contributed by atoms with van der Waals surface area (Å²) in [6, 6.07) is 5.42. The molecule has 19 heavy (non-hydrogen) atoms. The van der Waals surface area contributed by atoms with Crippen molar-refractivity contribution >= 4 is 11.6 Å². The Hall–Kier alpha value is -1.55. The van der Waals surface area contributed by atoms with Gasteiger partial charge in [-0.05, 0) is 38.8 Å². The molecule has 1 atom stereocenters. The van der Waals surface area contributed by atoms with Crippen molar-refractivity contribution in [2.75, 3.05) is 18.0 Å². The quantitative estimate of drug-likeness (QED) is 0.829. The number of aryl methyl sites for hydroxylation is 1. The molecule has 1 unspecified atom stereocenters. The molecule has 2 N–H and O–H groups in total. The van der Waals surface area contributed by atoms with Crippen LogP contribution in [0.15, 0.2) is 18.2 Å². The van der Waals surface area contributed by atoms with Gasteiger partial charge in [0, 0.05) is 18.7 Å². The highest BCUT2D eigenvalue weighted by Crippen LogP contribution is 2.24. The van der Waals surface area contributed by atoms with Crippen LogP contribution in [0.4, 0.5) is 5.69 Å². The van der Waals surface area contributed by atoms with Crippen molar-refractivity contribution in [1.82, 2.24) is 5.32 Å². The number of likely N-dealkylation sites (N-methyl/N-ethyl adjacent to an activating group) is 1. The SMILES string of the molecule is CCC(C)NCC(=O)N(CC)c1cc(O)ccc1C. The van der Waals surface area contributed by atoms with Crippen LogP contribution in [0.1, 0.15) is 32.8 Å². The molecule has 1 aromatic rings. The Morgan fingerprint density at radius 1 is 1.42 bits per heavy atom. The van der Waals surface area contributed by atoms with E-state index < -0.39 is 0 Å². The minimum atomic E-state index is 0.0245. The number of rotatable bonds is 6.